The van der Waals surface area contributed by atoms with Crippen LogP contribution in [0.2, 0.25) is 0 Å². The minimum atomic E-state index is -0.695. The van der Waals surface area contributed by atoms with Gasteiger partial charge in [0, 0.05) is 52.3 Å². The zero-order valence-corrected chi connectivity index (χ0v) is 49.1. The Morgan fingerprint density at radius 1 is 0.400 bits per heavy atom. The van der Waals surface area contributed by atoms with E-state index in [0.29, 0.717) is 22.3 Å². The Balaban J connectivity index is 1.38. The number of hydrogen-bond donors (Lipinski definition) is 0. The minimum Gasteiger partial charge on any atom is -0.206 e. The molecule has 0 atom stereocenters. The summed E-state index contributed by atoms with van der Waals surface area (Å²) >= 11 is 8.76. The van der Waals surface area contributed by atoms with E-state index in [-0.39, 0.29) is 11.6 Å². The van der Waals surface area contributed by atoms with Gasteiger partial charge in [0.05, 0.1) is 23.5 Å². The normalized spacial score (nSPS) is 14.3. The van der Waals surface area contributed by atoms with E-state index in [4.69, 9.17) is 17.5 Å². The van der Waals surface area contributed by atoms with Gasteiger partial charge in [0.15, 0.2) is 0 Å². The standard InChI is InChI=1S/C60H86BrF2IN4S2/c1-5-9-13-17-21-25-29-33-37-59(38-34-30-26-22-18-14-10-6-2)43-41-45(61)55-57(67-69-65-55)47(43)49-51(59)54(63)50-48-44(42-46(64)56-58(48)68-70-66-56)60(52(50)53(49)62,39-35-31-27-23-19-15-11-7-3)40-36-32-28-24-20-16-12-8-4/h41-42H,5-40H2,1-4H3. The van der Waals surface area contributed by atoms with E-state index in [1.165, 1.54) is 178 Å². The Morgan fingerprint density at radius 3 is 1.04 bits per heavy atom. The first-order valence-corrected chi connectivity index (χ1v) is 32.1. The summed E-state index contributed by atoms with van der Waals surface area (Å²) in [5.41, 5.74) is 7.61. The average Bonchev–Trinajstić information content (AvgIpc) is 4.16. The summed E-state index contributed by atoms with van der Waals surface area (Å²) in [7, 11) is 0. The summed E-state index contributed by atoms with van der Waals surface area (Å²) in [5, 5.41) is 0. The van der Waals surface area contributed by atoms with Gasteiger partial charge in [0.25, 0.3) is 0 Å². The highest BCUT2D eigenvalue weighted by Crippen LogP contribution is 2.65. The third-order valence-corrected chi connectivity index (χ3v) is 19.2. The fourth-order valence-corrected chi connectivity index (χ4v) is 15.5. The molecule has 0 spiro atoms. The first-order valence-electron chi connectivity index (χ1n) is 28.8. The lowest BCUT2D eigenvalue weighted by molar-refractivity contribution is 0.374. The highest BCUT2D eigenvalue weighted by atomic mass is 127. The summed E-state index contributed by atoms with van der Waals surface area (Å²) in [6, 6.07) is 4.49. The third-order valence-electron chi connectivity index (χ3n) is 16.7. The molecule has 4 nitrogen and oxygen atoms in total. The van der Waals surface area contributed by atoms with Crippen LogP contribution in [0.1, 0.15) is 281 Å². The fraction of sp³-hybridized carbons (Fsp3) is 0.700. The molecule has 2 aliphatic carbocycles. The van der Waals surface area contributed by atoms with Crippen molar-refractivity contribution < 1.29 is 8.78 Å². The molecule has 70 heavy (non-hydrogen) atoms. The second-order valence-electron chi connectivity index (χ2n) is 21.7. The van der Waals surface area contributed by atoms with E-state index in [2.05, 4.69) is 78.3 Å². The molecule has 2 heterocycles. The molecule has 3 aromatic carbocycles. The molecule has 7 rings (SSSR count). The summed E-state index contributed by atoms with van der Waals surface area (Å²) in [6.45, 7) is 9.11. The van der Waals surface area contributed by atoms with Gasteiger partial charge in [-0.05, 0) is 87.5 Å². The van der Waals surface area contributed by atoms with Crippen molar-refractivity contribution in [2.24, 2.45) is 0 Å². The fourth-order valence-electron chi connectivity index (χ4n) is 12.9. The van der Waals surface area contributed by atoms with Crippen LogP contribution in [0, 0.1) is 15.2 Å². The van der Waals surface area contributed by atoms with Gasteiger partial charge in [0.2, 0.25) is 0 Å². The van der Waals surface area contributed by atoms with Crippen LogP contribution in [0.15, 0.2) is 16.6 Å². The number of benzene rings is 3. The van der Waals surface area contributed by atoms with E-state index in [1.807, 2.05) is 0 Å². The lowest BCUT2D eigenvalue weighted by Gasteiger charge is -2.35. The van der Waals surface area contributed by atoms with Gasteiger partial charge in [-0.1, -0.05) is 233 Å². The van der Waals surface area contributed by atoms with Crippen molar-refractivity contribution in [1.82, 2.24) is 17.5 Å². The molecule has 0 saturated carbocycles. The molecule has 2 aliphatic rings. The monoisotopic (exact) mass is 1170 g/mol. The molecule has 0 unspecified atom stereocenters. The number of rotatable bonds is 36. The largest absolute Gasteiger partial charge is 0.206 e. The highest BCUT2D eigenvalue weighted by Gasteiger charge is 2.54. The number of aromatic nitrogens is 4. The predicted molar refractivity (Wildman–Crippen MR) is 310 cm³/mol. The van der Waals surface area contributed by atoms with Crippen LogP contribution >= 0.6 is 62.0 Å². The van der Waals surface area contributed by atoms with Gasteiger partial charge < -0.3 is 0 Å². The molecule has 386 valence electrons. The molecule has 0 N–H and O–H groups in total. The maximum Gasteiger partial charge on any atom is 0.136 e. The molecule has 0 radical (unpaired) electrons. The molecule has 10 heteroatoms. The van der Waals surface area contributed by atoms with Crippen molar-refractivity contribution in [1.29, 1.82) is 0 Å². The van der Waals surface area contributed by atoms with Crippen LogP contribution in [0.25, 0.3) is 44.3 Å². The molecular weight excluding hydrogens is 1090 g/mol. The van der Waals surface area contributed by atoms with Gasteiger partial charge in [-0.25, -0.2) is 8.78 Å². The van der Waals surface area contributed by atoms with Crippen molar-refractivity contribution in [3.05, 3.63) is 54.1 Å². The Bertz CT molecular complexity index is 2210. The van der Waals surface area contributed by atoms with Crippen molar-refractivity contribution in [2.75, 3.05) is 0 Å². The van der Waals surface area contributed by atoms with Crippen molar-refractivity contribution in [3.63, 3.8) is 0 Å². The third kappa shape index (κ3) is 12.5. The number of unbranched alkanes of at least 4 members (excludes halogenated alkanes) is 28. The van der Waals surface area contributed by atoms with Gasteiger partial charge in [-0.3, -0.25) is 0 Å². The van der Waals surface area contributed by atoms with Crippen LogP contribution in [0.4, 0.5) is 8.78 Å². The Kier molecular flexibility index (Phi) is 22.7. The summed E-state index contributed by atoms with van der Waals surface area (Å²) in [6.07, 6.45) is 41.6. The first-order chi connectivity index (χ1) is 34.3. The number of fused-ring (bicyclic) bond motifs is 10. The second-order valence-corrected chi connectivity index (χ2v) is 24.7. The van der Waals surface area contributed by atoms with Crippen molar-refractivity contribution >= 4 is 84.0 Å². The SMILES string of the molecule is CCCCCCCCCCC1(CCCCCCCCCC)c2cc(Br)c3nsnc3c2-c2c(F)c3c(c(F)c21)-c1c(cc(I)c2nsnc12)C3(CCCCCCCCCC)CCCCCCCCCC. The second kappa shape index (κ2) is 28.3. The number of nitrogens with zero attached hydrogens (tertiary/aromatic N) is 4. The van der Waals surface area contributed by atoms with Gasteiger partial charge >= 0.3 is 0 Å². The molecule has 0 saturated heterocycles. The van der Waals surface area contributed by atoms with Gasteiger partial charge in [-0.15, -0.1) is 0 Å². The van der Waals surface area contributed by atoms with Crippen LogP contribution in [0.5, 0.6) is 0 Å². The van der Waals surface area contributed by atoms with Crippen LogP contribution in [-0.4, -0.2) is 17.5 Å². The smallest absolute Gasteiger partial charge is 0.136 e. The van der Waals surface area contributed by atoms with Gasteiger partial charge in [-0.2, -0.15) is 17.5 Å². The van der Waals surface area contributed by atoms with E-state index in [1.54, 1.807) is 0 Å². The van der Waals surface area contributed by atoms with Crippen LogP contribution < -0.4 is 0 Å². The molecular formula is C60H86BrF2IN4S2. The first kappa shape index (κ1) is 56.1. The van der Waals surface area contributed by atoms with E-state index >= 15 is 8.78 Å². The molecule has 0 bridgehead atoms. The van der Waals surface area contributed by atoms with Crippen molar-refractivity contribution in [2.45, 2.75) is 270 Å². The predicted octanol–water partition coefficient (Wildman–Crippen LogP) is 22.0. The molecule has 5 aromatic rings. The number of halogens is 4. The highest BCUT2D eigenvalue weighted by molar-refractivity contribution is 14.1. The molecule has 0 aliphatic heterocycles. The molecule has 0 fully saturated rings. The number of hydrogen-bond acceptors (Lipinski definition) is 6. The summed E-state index contributed by atoms with van der Waals surface area (Å²) in [4.78, 5) is 0. The maximum atomic E-state index is 19.5. The molecule has 0 amide bonds. The lowest BCUT2D eigenvalue weighted by atomic mass is 9.68. The van der Waals surface area contributed by atoms with Crippen LogP contribution in [-0.2, 0) is 10.8 Å². The zero-order chi connectivity index (χ0) is 49.4. The Morgan fingerprint density at radius 2 is 0.686 bits per heavy atom. The van der Waals surface area contributed by atoms with E-state index in [0.717, 1.165) is 129 Å². The average molecular weight is 1170 g/mol. The van der Waals surface area contributed by atoms with E-state index < -0.39 is 10.8 Å². The van der Waals surface area contributed by atoms with E-state index in [9.17, 15) is 0 Å². The minimum absolute atomic E-state index is 0.209. The Hall–Kier alpha value is -1.63. The van der Waals surface area contributed by atoms with Crippen LogP contribution in [0.3, 0.4) is 0 Å². The van der Waals surface area contributed by atoms with Gasteiger partial charge in [0.1, 0.15) is 33.7 Å². The zero-order valence-electron chi connectivity index (χ0n) is 43.7. The maximum absolute atomic E-state index is 19.5. The Labute approximate surface area is 452 Å². The quantitative estimate of drug-likeness (QED) is 0.0296. The summed E-state index contributed by atoms with van der Waals surface area (Å²) in [5.74, 6) is -0.417. The van der Waals surface area contributed by atoms with Crippen molar-refractivity contribution in [3.8, 4) is 22.3 Å². The summed E-state index contributed by atoms with van der Waals surface area (Å²) < 4.78 is 60.5. The lowest BCUT2D eigenvalue weighted by Crippen LogP contribution is -2.29. The topological polar surface area (TPSA) is 51.6 Å². The molecule has 2 aromatic heterocycles.